The zero-order valence-corrected chi connectivity index (χ0v) is 20.7. The van der Waals surface area contributed by atoms with Crippen LogP contribution in [-0.4, -0.2) is 23.8 Å². The summed E-state index contributed by atoms with van der Waals surface area (Å²) in [6, 6.07) is 20.0. The lowest BCUT2D eigenvalue weighted by molar-refractivity contribution is -0.133. The monoisotopic (exact) mass is 525 g/mol. The number of aryl methyl sites for hydroxylation is 2. The number of hydrogen-bond acceptors (Lipinski definition) is 3. The highest BCUT2D eigenvalue weighted by Gasteiger charge is 2.44. The molecule has 0 saturated heterocycles. The maximum Gasteiger partial charge on any atom is 0.333 e. The molecule has 5 nitrogen and oxygen atoms in total. The number of hydrogen-bond donors (Lipinski definition) is 1. The van der Waals surface area contributed by atoms with E-state index < -0.39 is 28.1 Å². The van der Waals surface area contributed by atoms with Gasteiger partial charge < -0.3 is 5.11 Å². The van der Waals surface area contributed by atoms with Crippen molar-refractivity contribution in [3.8, 4) is 0 Å². The highest BCUT2D eigenvalue weighted by atomic mass is 79.9. The summed E-state index contributed by atoms with van der Waals surface area (Å²) in [6.45, 7) is 3.86. The Bertz CT molecular complexity index is 1320. The van der Waals surface area contributed by atoms with E-state index in [9.17, 15) is 18.3 Å². The number of carboxylic acid groups (broad SMARTS) is 1. The van der Waals surface area contributed by atoms with Gasteiger partial charge in [0.25, 0.3) is 0 Å². The Balaban J connectivity index is 1.97. The van der Waals surface area contributed by atoms with E-state index in [0.29, 0.717) is 5.56 Å². The van der Waals surface area contributed by atoms with E-state index in [4.69, 9.17) is 0 Å². The number of sulfonamides is 1. The van der Waals surface area contributed by atoms with E-state index in [1.807, 2.05) is 44.2 Å². The zero-order valence-electron chi connectivity index (χ0n) is 18.3. The minimum atomic E-state index is -4.05. The summed E-state index contributed by atoms with van der Waals surface area (Å²) >= 11 is 3.44. The van der Waals surface area contributed by atoms with E-state index >= 15 is 0 Å². The average Bonchev–Trinajstić information content (AvgIpc) is 2.79. The van der Waals surface area contributed by atoms with Gasteiger partial charge in [-0.15, -0.1) is 0 Å². The van der Waals surface area contributed by atoms with Gasteiger partial charge in [0.05, 0.1) is 22.6 Å². The minimum Gasteiger partial charge on any atom is -0.478 e. The van der Waals surface area contributed by atoms with Crippen LogP contribution in [0.1, 0.15) is 40.8 Å². The van der Waals surface area contributed by atoms with Crippen LogP contribution in [0.15, 0.2) is 93.8 Å². The summed E-state index contributed by atoms with van der Waals surface area (Å²) in [6.07, 6.45) is 1.92. The van der Waals surface area contributed by atoms with Crippen LogP contribution in [0.4, 0.5) is 0 Å². The third-order valence-electron chi connectivity index (χ3n) is 5.89. The highest BCUT2D eigenvalue weighted by Crippen LogP contribution is 2.46. The molecule has 0 bridgehead atoms. The Kier molecular flexibility index (Phi) is 6.56. The maximum atomic E-state index is 14.1. The molecule has 1 N–H and O–H groups in total. The summed E-state index contributed by atoms with van der Waals surface area (Å²) in [5, 5.41) is 10.0. The van der Waals surface area contributed by atoms with Crippen LogP contribution in [0.2, 0.25) is 0 Å². The van der Waals surface area contributed by atoms with Crippen LogP contribution in [-0.2, 0) is 14.8 Å². The Morgan fingerprint density at radius 1 is 0.939 bits per heavy atom. The number of aliphatic carboxylic acids is 1. The summed E-state index contributed by atoms with van der Waals surface area (Å²) in [4.78, 5) is 12.4. The molecule has 3 aromatic rings. The lowest BCUT2D eigenvalue weighted by atomic mass is 9.89. The van der Waals surface area contributed by atoms with Crippen LogP contribution < -0.4 is 0 Å². The minimum absolute atomic E-state index is 0.0483. The largest absolute Gasteiger partial charge is 0.478 e. The van der Waals surface area contributed by atoms with E-state index in [1.54, 1.807) is 48.5 Å². The molecule has 3 aromatic carbocycles. The fourth-order valence-electron chi connectivity index (χ4n) is 4.19. The molecule has 0 fully saturated rings. The molecule has 2 atom stereocenters. The first-order valence-corrected chi connectivity index (χ1v) is 12.8. The molecule has 0 unspecified atom stereocenters. The van der Waals surface area contributed by atoms with Crippen molar-refractivity contribution in [2.45, 2.75) is 37.2 Å². The third kappa shape index (κ3) is 4.67. The first-order chi connectivity index (χ1) is 15.7. The van der Waals surface area contributed by atoms with Crippen molar-refractivity contribution in [1.29, 1.82) is 0 Å². The molecule has 1 heterocycles. The first-order valence-electron chi connectivity index (χ1n) is 10.5. The fourth-order valence-corrected chi connectivity index (χ4v) is 6.38. The van der Waals surface area contributed by atoms with E-state index in [-0.39, 0.29) is 16.9 Å². The SMILES string of the molecule is Cc1ccc([C@@H]2CC=C(C(=O)O)[C@H](c3cccc(Br)c3)N2S(=O)(=O)c2ccc(C)cc2)cc1. The van der Waals surface area contributed by atoms with Crippen molar-refractivity contribution in [2.24, 2.45) is 0 Å². The van der Waals surface area contributed by atoms with Gasteiger partial charge in [-0.2, -0.15) is 4.31 Å². The lowest BCUT2D eigenvalue weighted by Gasteiger charge is -2.40. The zero-order chi connectivity index (χ0) is 23.8. The summed E-state index contributed by atoms with van der Waals surface area (Å²) < 4.78 is 30.3. The van der Waals surface area contributed by atoms with Gasteiger partial charge in [-0.25, -0.2) is 13.2 Å². The van der Waals surface area contributed by atoms with Crippen molar-refractivity contribution in [1.82, 2.24) is 4.31 Å². The number of halogens is 1. The van der Waals surface area contributed by atoms with E-state index in [0.717, 1.165) is 21.2 Å². The summed E-state index contributed by atoms with van der Waals surface area (Å²) in [5.41, 5.74) is 3.46. The Labute approximate surface area is 202 Å². The standard InChI is InChI=1S/C26H24BrNO4S/c1-17-6-10-19(11-7-17)24-15-14-23(26(29)30)25(20-4-3-5-21(27)16-20)28(24)33(31,32)22-12-8-18(2)9-13-22/h3-14,16,24-25H,15H2,1-2H3,(H,29,30)/t24-,25-/m0/s1. The van der Waals surface area contributed by atoms with Gasteiger partial charge in [0.15, 0.2) is 0 Å². The van der Waals surface area contributed by atoms with Gasteiger partial charge in [-0.1, -0.05) is 81.7 Å². The van der Waals surface area contributed by atoms with Crippen molar-refractivity contribution >= 4 is 31.9 Å². The molecule has 0 aromatic heterocycles. The second-order valence-corrected chi connectivity index (χ2v) is 11.0. The molecule has 7 heteroatoms. The molecule has 33 heavy (non-hydrogen) atoms. The summed E-state index contributed by atoms with van der Waals surface area (Å²) in [7, 11) is -4.05. The van der Waals surface area contributed by atoms with Gasteiger partial charge in [-0.3, -0.25) is 0 Å². The average molecular weight is 526 g/mol. The Morgan fingerprint density at radius 3 is 2.12 bits per heavy atom. The van der Waals surface area contributed by atoms with Crippen LogP contribution in [0.3, 0.4) is 0 Å². The highest BCUT2D eigenvalue weighted by molar-refractivity contribution is 9.10. The molecule has 0 radical (unpaired) electrons. The van der Waals surface area contributed by atoms with Crippen molar-refractivity contribution in [2.75, 3.05) is 0 Å². The fraction of sp³-hybridized carbons (Fsp3) is 0.192. The number of carboxylic acids is 1. The van der Waals surface area contributed by atoms with Gasteiger partial charge >= 0.3 is 5.97 Å². The maximum absolute atomic E-state index is 14.1. The van der Waals surface area contributed by atoms with E-state index in [1.165, 1.54) is 4.31 Å². The lowest BCUT2D eigenvalue weighted by Crippen LogP contribution is -2.42. The van der Waals surface area contributed by atoms with Crippen molar-refractivity contribution < 1.29 is 18.3 Å². The first kappa shape index (κ1) is 23.4. The molecule has 1 aliphatic rings. The normalized spacial score (nSPS) is 19.2. The third-order valence-corrected chi connectivity index (χ3v) is 8.27. The smallest absolute Gasteiger partial charge is 0.333 e. The van der Waals surface area contributed by atoms with Gasteiger partial charge in [0, 0.05) is 4.47 Å². The quantitative estimate of drug-likeness (QED) is 0.446. The second kappa shape index (κ2) is 9.25. The van der Waals surface area contributed by atoms with Crippen molar-refractivity contribution in [3.05, 3.63) is 111 Å². The molecule has 0 amide bonds. The predicted octanol–water partition coefficient (Wildman–Crippen LogP) is 5.95. The molecule has 0 spiro atoms. The van der Waals surface area contributed by atoms with Gasteiger partial charge in [0.2, 0.25) is 10.0 Å². The van der Waals surface area contributed by atoms with E-state index in [2.05, 4.69) is 15.9 Å². The number of rotatable bonds is 5. The van der Waals surface area contributed by atoms with Crippen LogP contribution in [0, 0.1) is 13.8 Å². The van der Waals surface area contributed by atoms with Gasteiger partial charge in [-0.05, 0) is 55.7 Å². The molecular formula is C26H24BrNO4S. The van der Waals surface area contributed by atoms with Gasteiger partial charge in [0.1, 0.15) is 0 Å². The topological polar surface area (TPSA) is 74.7 Å². The molecule has 4 rings (SSSR count). The van der Waals surface area contributed by atoms with Crippen LogP contribution in [0.25, 0.3) is 0 Å². The molecule has 0 saturated carbocycles. The number of nitrogens with zero attached hydrogens (tertiary/aromatic N) is 1. The van der Waals surface area contributed by atoms with Crippen LogP contribution in [0.5, 0.6) is 0 Å². The number of benzene rings is 3. The Morgan fingerprint density at radius 2 is 1.55 bits per heavy atom. The molecule has 1 aliphatic heterocycles. The predicted molar refractivity (Wildman–Crippen MR) is 131 cm³/mol. The molecule has 170 valence electrons. The summed E-state index contributed by atoms with van der Waals surface area (Å²) in [5.74, 6) is -1.13. The molecule has 0 aliphatic carbocycles. The molecular weight excluding hydrogens is 502 g/mol. The van der Waals surface area contributed by atoms with Crippen molar-refractivity contribution in [3.63, 3.8) is 0 Å². The second-order valence-electron chi connectivity index (χ2n) is 8.23. The Hall–Kier alpha value is -2.74. The van der Waals surface area contributed by atoms with Crippen LogP contribution >= 0.6 is 15.9 Å². The number of carbonyl (C=O) groups is 1.